The molecule has 0 aliphatic rings. The molecule has 0 aliphatic carbocycles. The highest BCUT2D eigenvalue weighted by Crippen LogP contribution is 2.09. The van der Waals surface area contributed by atoms with Gasteiger partial charge in [-0.1, -0.05) is 44.2 Å². The molecule has 1 heterocycles. The van der Waals surface area contributed by atoms with Crippen LogP contribution in [0.3, 0.4) is 0 Å². The van der Waals surface area contributed by atoms with Gasteiger partial charge in [-0.15, -0.1) is 0 Å². The Balaban J connectivity index is 2.23. The highest BCUT2D eigenvalue weighted by Gasteiger charge is 2.30. The Morgan fingerprint density at radius 1 is 0.951 bits per heavy atom. The lowest BCUT2D eigenvalue weighted by atomic mass is 10.0. The molecule has 0 saturated heterocycles. The molecule has 0 saturated carbocycles. The first-order valence-corrected chi connectivity index (χ1v) is 13.4. The first kappa shape index (κ1) is 32.8. The van der Waals surface area contributed by atoms with Crippen molar-refractivity contribution in [3.63, 3.8) is 0 Å². The number of amides is 3. The van der Waals surface area contributed by atoms with Gasteiger partial charge in [0, 0.05) is 31.3 Å². The van der Waals surface area contributed by atoms with Crippen molar-refractivity contribution < 1.29 is 24.3 Å². The number of carbonyl (C=O) groups excluding carboxylic acids is 3. The highest BCUT2D eigenvalue weighted by molar-refractivity contribution is 5.94. The molecule has 0 radical (unpaired) electrons. The monoisotopic (exact) mass is 571 g/mol. The number of aromatic nitrogens is 2. The second kappa shape index (κ2) is 16.6. The number of aliphatic imine (C=N–C) groups is 1. The van der Waals surface area contributed by atoms with Gasteiger partial charge in [-0.2, -0.15) is 0 Å². The van der Waals surface area contributed by atoms with E-state index < -0.39 is 47.9 Å². The topological polar surface area (TPSA) is 244 Å². The third-order valence-corrected chi connectivity index (χ3v) is 6.15. The molecule has 2 rings (SSSR count). The second-order valence-electron chi connectivity index (χ2n) is 10.2. The zero-order valence-electron chi connectivity index (χ0n) is 23.4. The van der Waals surface area contributed by atoms with Gasteiger partial charge < -0.3 is 43.2 Å². The van der Waals surface area contributed by atoms with Crippen LogP contribution in [0.4, 0.5) is 0 Å². The quantitative estimate of drug-likeness (QED) is 0.0669. The minimum absolute atomic E-state index is 0.00254. The van der Waals surface area contributed by atoms with Crippen LogP contribution in [-0.2, 0) is 32.0 Å². The lowest BCUT2D eigenvalue weighted by Gasteiger charge is -2.25. The number of aromatic amines is 1. The molecule has 11 N–H and O–H groups in total. The average molecular weight is 572 g/mol. The Labute approximate surface area is 238 Å². The van der Waals surface area contributed by atoms with Crippen molar-refractivity contribution in [1.82, 2.24) is 25.9 Å². The SMILES string of the molecule is CC(C)CC(NC(=O)C(CCCN=C(N)N)NC(=O)C(Cc1ccccc1)NC(=O)C(N)Cc1cnc[nH]1)C(=O)O. The number of hydrogen-bond donors (Lipinski definition) is 8. The summed E-state index contributed by atoms with van der Waals surface area (Å²) in [5.74, 6) is -3.16. The number of aliphatic carboxylic acids is 1. The van der Waals surface area contributed by atoms with Crippen molar-refractivity contribution in [2.24, 2.45) is 28.1 Å². The Bertz CT molecular complexity index is 1150. The number of rotatable bonds is 17. The Kier molecular flexibility index (Phi) is 13.3. The summed E-state index contributed by atoms with van der Waals surface area (Å²) in [6.45, 7) is 3.87. The van der Waals surface area contributed by atoms with Crippen molar-refractivity contribution in [1.29, 1.82) is 0 Å². The molecule has 2 aromatic rings. The normalized spacial score (nSPS) is 13.9. The number of carboxylic acid groups (broad SMARTS) is 1. The summed E-state index contributed by atoms with van der Waals surface area (Å²) >= 11 is 0. The average Bonchev–Trinajstić information content (AvgIpc) is 3.42. The second-order valence-corrected chi connectivity index (χ2v) is 10.2. The lowest BCUT2D eigenvalue weighted by Crippen LogP contribution is -2.57. The zero-order chi connectivity index (χ0) is 30.4. The molecule has 0 aliphatic heterocycles. The predicted octanol–water partition coefficient (Wildman–Crippen LogP) is -0.839. The van der Waals surface area contributed by atoms with Gasteiger partial charge in [0.2, 0.25) is 17.7 Å². The van der Waals surface area contributed by atoms with E-state index in [1.807, 2.05) is 19.9 Å². The van der Waals surface area contributed by atoms with E-state index in [0.717, 1.165) is 5.56 Å². The molecule has 3 amide bonds. The number of H-pyrrole nitrogens is 1. The number of nitrogens with zero attached hydrogens (tertiary/aromatic N) is 2. The summed E-state index contributed by atoms with van der Waals surface area (Å²) in [5, 5.41) is 17.5. The maximum Gasteiger partial charge on any atom is 0.326 e. The molecule has 0 fully saturated rings. The molecular formula is C27H41N9O5. The fourth-order valence-corrected chi connectivity index (χ4v) is 4.07. The van der Waals surface area contributed by atoms with E-state index >= 15 is 0 Å². The van der Waals surface area contributed by atoms with Gasteiger partial charge in [-0.05, 0) is 30.7 Å². The van der Waals surface area contributed by atoms with Crippen molar-refractivity contribution in [3.8, 4) is 0 Å². The van der Waals surface area contributed by atoms with E-state index in [9.17, 15) is 24.3 Å². The molecule has 224 valence electrons. The van der Waals surface area contributed by atoms with E-state index in [-0.39, 0.29) is 44.1 Å². The van der Waals surface area contributed by atoms with Crippen LogP contribution >= 0.6 is 0 Å². The molecular weight excluding hydrogens is 530 g/mol. The summed E-state index contributed by atoms with van der Waals surface area (Å²) < 4.78 is 0. The molecule has 14 heteroatoms. The zero-order valence-corrected chi connectivity index (χ0v) is 23.4. The third kappa shape index (κ3) is 12.1. The molecule has 14 nitrogen and oxygen atoms in total. The number of carbonyl (C=O) groups is 4. The fraction of sp³-hybridized carbons (Fsp3) is 0.481. The Morgan fingerprint density at radius 2 is 1.59 bits per heavy atom. The largest absolute Gasteiger partial charge is 0.480 e. The molecule has 0 spiro atoms. The molecule has 4 atom stereocenters. The van der Waals surface area contributed by atoms with Gasteiger partial charge >= 0.3 is 5.97 Å². The molecule has 1 aromatic heterocycles. The van der Waals surface area contributed by atoms with Crippen LogP contribution in [0.5, 0.6) is 0 Å². The molecule has 41 heavy (non-hydrogen) atoms. The van der Waals surface area contributed by atoms with Crippen molar-refractivity contribution >= 4 is 29.7 Å². The van der Waals surface area contributed by atoms with Crippen LogP contribution in [0.15, 0.2) is 47.8 Å². The van der Waals surface area contributed by atoms with E-state index in [4.69, 9.17) is 17.2 Å². The first-order chi connectivity index (χ1) is 19.5. The molecule has 4 unspecified atom stereocenters. The lowest BCUT2D eigenvalue weighted by molar-refractivity contribution is -0.142. The summed E-state index contributed by atoms with van der Waals surface area (Å²) in [6, 6.07) is 4.75. The predicted molar refractivity (Wildman–Crippen MR) is 153 cm³/mol. The molecule has 1 aromatic carbocycles. The highest BCUT2D eigenvalue weighted by atomic mass is 16.4. The summed E-state index contributed by atoms with van der Waals surface area (Å²) in [4.78, 5) is 62.1. The number of hydrogen-bond acceptors (Lipinski definition) is 7. The van der Waals surface area contributed by atoms with Gasteiger partial charge in [-0.25, -0.2) is 9.78 Å². The number of nitrogens with two attached hydrogens (primary N) is 3. The summed E-state index contributed by atoms with van der Waals surface area (Å²) in [7, 11) is 0. The number of carboxylic acids is 1. The van der Waals surface area contributed by atoms with Crippen LogP contribution in [0.1, 0.15) is 44.4 Å². The van der Waals surface area contributed by atoms with Crippen molar-refractivity contribution in [3.05, 3.63) is 54.1 Å². The first-order valence-electron chi connectivity index (χ1n) is 13.4. The van der Waals surface area contributed by atoms with Crippen LogP contribution in [-0.4, -0.2) is 75.4 Å². The van der Waals surface area contributed by atoms with E-state index in [1.165, 1.54) is 6.33 Å². The maximum absolute atomic E-state index is 13.5. The third-order valence-electron chi connectivity index (χ3n) is 6.15. The minimum Gasteiger partial charge on any atom is -0.480 e. The van der Waals surface area contributed by atoms with Gasteiger partial charge in [0.15, 0.2) is 5.96 Å². The summed E-state index contributed by atoms with van der Waals surface area (Å²) in [5.41, 5.74) is 18.3. The van der Waals surface area contributed by atoms with Crippen molar-refractivity contribution in [2.75, 3.05) is 6.54 Å². The van der Waals surface area contributed by atoms with Gasteiger partial charge in [0.25, 0.3) is 0 Å². The van der Waals surface area contributed by atoms with Crippen LogP contribution < -0.4 is 33.2 Å². The minimum atomic E-state index is -1.18. The number of imidazole rings is 1. The van der Waals surface area contributed by atoms with Crippen LogP contribution in [0.2, 0.25) is 0 Å². The van der Waals surface area contributed by atoms with Crippen LogP contribution in [0.25, 0.3) is 0 Å². The van der Waals surface area contributed by atoms with Gasteiger partial charge in [0.1, 0.15) is 18.1 Å². The summed E-state index contributed by atoms with van der Waals surface area (Å²) in [6.07, 6.45) is 3.97. The van der Waals surface area contributed by atoms with Gasteiger partial charge in [0.05, 0.1) is 12.4 Å². The Morgan fingerprint density at radius 3 is 2.17 bits per heavy atom. The van der Waals surface area contributed by atoms with Crippen LogP contribution in [0, 0.1) is 5.92 Å². The number of benzene rings is 1. The van der Waals surface area contributed by atoms with E-state index in [0.29, 0.717) is 12.1 Å². The maximum atomic E-state index is 13.5. The Hall–Kier alpha value is -4.46. The van der Waals surface area contributed by atoms with E-state index in [2.05, 4.69) is 30.9 Å². The van der Waals surface area contributed by atoms with Gasteiger partial charge in [-0.3, -0.25) is 19.4 Å². The molecule has 0 bridgehead atoms. The van der Waals surface area contributed by atoms with E-state index in [1.54, 1.807) is 30.5 Å². The fourth-order valence-electron chi connectivity index (χ4n) is 4.07. The standard InChI is InChI=1S/C27H41N9O5/c1-16(2)11-22(26(40)41)36-24(38)20(9-6-10-32-27(29)30)34-25(39)21(12-17-7-4-3-5-8-17)35-23(37)19(28)13-18-14-31-15-33-18/h3-5,7-8,14-16,19-22H,6,9-13,28H2,1-2H3,(H,31,33)(H,34,39)(H,35,37)(H,36,38)(H,40,41)(H4,29,30,32). The number of guanidine groups is 1. The van der Waals surface area contributed by atoms with Crippen molar-refractivity contribution in [2.45, 2.75) is 70.1 Å². The number of nitrogens with one attached hydrogen (secondary N) is 4. The smallest absolute Gasteiger partial charge is 0.326 e.